The Hall–Kier alpha value is -0.160. The average Bonchev–Trinajstić information content (AvgIpc) is 2.90. The second-order valence-electron chi connectivity index (χ2n) is 17.4. The lowest BCUT2D eigenvalue weighted by Crippen LogP contribution is -2.44. The van der Waals surface area contributed by atoms with Crippen LogP contribution < -0.4 is 16.0 Å². The van der Waals surface area contributed by atoms with Gasteiger partial charge in [0, 0.05) is 11.6 Å². The lowest BCUT2D eigenvalue weighted by molar-refractivity contribution is 0.111. The van der Waals surface area contributed by atoms with E-state index in [1.165, 1.54) is 110 Å². The molecule has 4 nitrogen and oxygen atoms in total. The molecule has 4 heterocycles. The zero-order valence-corrected chi connectivity index (χ0v) is 29.7. The largest absolute Gasteiger partial charge is 0.317 e. The Morgan fingerprint density at radius 2 is 0.977 bits per heavy atom. The zero-order valence-electron chi connectivity index (χ0n) is 29.7. The van der Waals surface area contributed by atoms with Gasteiger partial charge in [0.15, 0.2) is 0 Å². The van der Waals surface area contributed by atoms with Crippen LogP contribution in [0.1, 0.15) is 177 Å². The van der Waals surface area contributed by atoms with Crippen LogP contribution in [0.2, 0.25) is 0 Å². The molecule has 0 bridgehead atoms. The summed E-state index contributed by atoms with van der Waals surface area (Å²) in [7, 11) is 0. The monoisotopic (exact) mass is 629 g/mol. The van der Waals surface area contributed by atoms with E-state index in [1.807, 2.05) is 0 Å². The molecule has 2 atom stereocenters. The van der Waals surface area contributed by atoms with Gasteiger partial charge >= 0.3 is 0 Å². The molecule has 4 aliphatic rings. The highest BCUT2D eigenvalue weighted by Crippen LogP contribution is 2.32. The molecule has 44 heavy (non-hydrogen) atoms. The maximum atomic E-state index is 3.56. The predicted octanol–water partition coefficient (Wildman–Crippen LogP) is 11.1. The topological polar surface area (TPSA) is 39.3 Å². The van der Waals surface area contributed by atoms with E-state index < -0.39 is 0 Å². The first-order chi connectivity index (χ1) is 18.4. The van der Waals surface area contributed by atoms with Crippen molar-refractivity contribution in [3.63, 3.8) is 0 Å². The Kier molecular flexibility index (Phi) is 27.7. The molecular weight excluding hydrogens is 536 g/mol. The van der Waals surface area contributed by atoms with E-state index in [9.17, 15) is 0 Å². The molecule has 0 spiro atoms. The molecule has 0 aromatic heterocycles. The van der Waals surface area contributed by atoms with Crippen molar-refractivity contribution in [2.24, 2.45) is 28.1 Å². The van der Waals surface area contributed by atoms with Crippen LogP contribution in [0.5, 0.6) is 0 Å². The van der Waals surface area contributed by atoms with Crippen molar-refractivity contribution in [3.05, 3.63) is 0 Å². The van der Waals surface area contributed by atoms with Crippen molar-refractivity contribution >= 4 is 0 Å². The van der Waals surface area contributed by atoms with Crippen LogP contribution in [0.3, 0.4) is 0 Å². The minimum atomic E-state index is 0. The average molecular weight is 629 g/mol. The van der Waals surface area contributed by atoms with E-state index in [-0.39, 0.29) is 29.7 Å². The van der Waals surface area contributed by atoms with E-state index in [4.69, 9.17) is 0 Å². The molecule has 4 saturated heterocycles. The van der Waals surface area contributed by atoms with Crippen LogP contribution in [0.15, 0.2) is 0 Å². The summed E-state index contributed by atoms with van der Waals surface area (Å²) in [5.41, 5.74) is 1.90. The number of nitrogens with one attached hydrogen (secondary N) is 3. The zero-order chi connectivity index (χ0) is 30.5. The first-order valence-corrected chi connectivity index (χ1v) is 17.3. The van der Waals surface area contributed by atoms with Crippen molar-refractivity contribution in [1.29, 1.82) is 0 Å². The highest BCUT2D eigenvalue weighted by atomic mass is 15.2. The summed E-state index contributed by atoms with van der Waals surface area (Å²) in [5.74, 6) is 1.83. The van der Waals surface area contributed by atoms with Gasteiger partial charge in [-0.05, 0) is 146 Å². The maximum absolute atomic E-state index is 3.56. The lowest BCUT2D eigenvalue weighted by Gasteiger charge is -2.38. The Balaban J connectivity index is -0.000000235. The van der Waals surface area contributed by atoms with Crippen molar-refractivity contribution in [3.8, 4) is 0 Å². The summed E-state index contributed by atoms with van der Waals surface area (Å²) in [6.45, 7) is 36.7. The molecule has 0 saturated carbocycles. The van der Waals surface area contributed by atoms with E-state index in [2.05, 4.69) is 104 Å². The number of piperidine rings is 4. The smallest absolute Gasteiger partial charge is 0.0125 e. The van der Waals surface area contributed by atoms with Gasteiger partial charge in [-0.1, -0.05) is 105 Å². The molecule has 0 aliphatic carbocycles. The number of rotatable bonds is 0. The van der Waals surface area contributed by atoms with E-state index in [0.29, 0.717) is 21.8 Å². The van der Waals surface area contributed by atoms with Crippen molar-refractivity contribution in [2.75, 3.05) is 45.8 Å². The van der Waals surface area contributed by atoms with E-state index in [0.717, 1.165) is 17.9 Å². The van der Waals surface area contributed by atoms with Crippen LogP contribution in [0, 0.1) is 28.1 Å². The second-order valence-corrected chi connectivity index (χ2v) is 17.4. The molecular formula is C40H92N4. The molecule has 272 valence electrons. The van der Waals surface area contributed by atoms with Crippen LogP contribution >= 0.6 is 0 Å². The molecule has 2 unspecified atom stereocenters. The molecule has 4 heteroatoms. The highest BCUT2D eigenvalue weighted by molar-refractivity contribution is 4.83. The molecule has 0 amide bonds. The van der Waals surface area contributed by atoms with Gasteiger partial charge in [0.1, 0.15) is 0 Å². The third kappa shape index (κ3) is 22.4. The van der Waals surface area contributed by atoms with Crippen LogP contribution in [-0.2, 0) is 0 Å². The van der Waals surface area contributed by atoms with Gasteiger partial charge in [-0.25, -0.2) is 0 Å². The highest BCUT2D eigenvalue weighted by Gasteiger charge is 2.27. The molecule has 4 rings (SSSR count). The molecule has 0 aromatic rings. The summed E-state index contributed by atoms with van der Waals surface area (Å²) in [6, 6.07) is 0.751. The third-order valence-electron chi connectivity index (χ3n) is 9.75. The minimum Gasteiger partial charge on any atom is -0.317 e. The van der Waals surface area contributed by atoms with E-state index >= 15 is 0 Å². The fourth-order valence-corrected chi connectivity index (χ4v) is 6.43. The van der Waals surface area contributed by atoms with Crippen LogP contribution in [0.25, 0.3) is 0 Å². The van der Waals surface area contributed by atoms with Crippen LogP contribution in [0.4, 0.5) is 0 Å². The van der Waals surface area contributed by atoms with Gasteiger partial charge in [-0.15, -0.1) is 0 Å². The normalized spacial score (nSPS) is 23.5. The molecule has 0 radical (unpaired) electrons. The Bertz CT molecular complexity index is 496. The van der Waals surface area contributed by atoms with Crippen molar-refractivity contribution < 1.29 is 0 Å². The summed E-state index contributed by atoms with van der Waals surface area (Å²) in [6.07, 6.45) is 13.9. The van der Waals surface area contributed by atoms with Gasteiger partial charge in [-0.3, -0.25) is 4.90 Å². The van der Waals surface area contributed by atoms with Gasteiger partial charge < -0.3 is 16.0 Å². The molecule has 4 fully saturated rings. The summed E-state index contributed by atoms with van der Waals surface area (Å²) < 4.78 is 0. The van der Waals surface area contributed by atoms with Gasteiger partial charge in [0.05, 0.1) is 0 Å². The standard InChI is InChI=1S/4C9H19N.4CH4/c1-9(2,3)8-4-6-10-7-5-8;1-9(2,3)8-5-4-6-10-7-8;1-9(2,3)10-7-5-4-6-8-10;1-9(2,3)8-6-4-5-7-10-8;;;;/h2*8,10H,4-7H2,1-3H3;4-8H2,1-3H3;8,10H,4-7H2,1-3H3;4*1H4. The maximum Gasteiger partial charge on any atom is 0.0125 e. The Morgan fingerprint density at radius 3 is 1.25 bits per heavy atom. The fourth-order valence-electron chi connectivity index (χ4n) is 6.43. The SMILES string of the molecule is C.C.C.C.CC(C)(C)C1CCCCN1.CC(C)(C)C1CCCNC1.CC(C)(C)C1CCNCC1.CC(C)(C)N1CCCCC1. The first-order valence-electron chi connectivity index (χ1n) is 17.3. The second kappa shape index (κ2) is 24.1. The van der Waals surface area contributed by atoms with Gasteiger partial charge in [0.25, 0.3) is 0 Å². The van der Waals surface area contributed by atoms with Crippen LogP contribution in [-0.4, -0.2) is 62.3 Å². The third-order valence-corrected chi connectivity index (χ3v) is 9.75. The van der Waals surface area contributed by atoms with Crippen molar-refractivity contribution in [1.82, 2.24) is 20.9 Å². The summed E-state index contributed by atoms with van der Waals surface area (Å²) in [4.78, 5) is 2.58. The quantitative estimate of drug-likeness (QED) is 0.249. The lowest BCUT2D eigenvalue weighted by atomic mass is 9.76. The molecule has 4 aliphatic heterocycles. The van der Waals surface area contributed by atoms with Crippen molar-refractivity contribution in [2.45, 2.75) is 189 Å². The van der Waals surface area contributed by atoms with Gasteiger partial charge in [0.2, 0.25) is 0 Å². The predicted molar refractivity (Wildman–Crippen MR) is 207 cm³/mol. The summed E-state index contributed by atoms with van der Waals surface area (Å²) in [5, 5.41) is 10.4. The van der Waals surface area contributed by atoms with Gasteiger partial charge in [-0.2, -0.15) is 0 Å². The van der Waals surface area contributed by atoms with E-state index in [1.54, 1.807) is 0 Å². The molecule has 0 aromatic carbocycles. The Morgan fingerprint density at radius 1 is 0.455 bits per heavy atom. The number of nitrogens with zero attached hydrogens (tertiary/aromatic N) is 1. The number of hydrogen-bond donors (Lipinski definition) is 3. The number of likely N-dealkylation sites (tertiary alicyclic amines) is 1. The number of hydrogen-bond acceptors (Lipinski definition) is 4. The minimum absolute atomic E-state index is 0. The fraction of sp³-hybridized carbons (Fsp3) is 1.00. The molecule has 3 N–H and O–H groups in total. The Labute approximate surface area is 282 Å². The first kappa shape index (κ1) is 50.7. The summed E-state index contributed by atoms with van der Waals surface area (Å²) >= 11 is 0.